The highest BCUT2D eigenvalue weighted by atomic mass is 32.1. The highest BCUT2D eigenvalue weighted by molar-refractivity contribution is 7.80. The molecule has 1 amide bonds. The van der Waals surface area contributed by atoms with E-state index >= 15 is 0 Å². The molecule has 1 fully saturated rings. The summed E-state index contributed by atoms with van der Waals surface area (Å²) in [6, 6.07) is 25.0. The number of para-hydroxylation sites is 1. The van der Waals surface area contributed by atoms with Crippen molar-refractivity contribution in [3.05, 3.63) is 115 Å². The maximum atomic E-state index is 14.0. The van der Waals surface area contributed by atoms with Crippen LogP contribution in [-0.2, 0) is 4.79 Å². The van der Waals surface area contributed by atoms with Crippen LogP contribution < -0.4 is 10.6 Å². The number of carbonyl (C=O) groups excluding carboxylic acids is 1. The van der Waals surface area contributed by atoms with E-state index in [2.05, 4.69) is 15.6 Å². The van der Waals surface area contributed by atoms with Crippen molar-refractivity contribution in [2.45, 2.75) is 18.5 Å². The molecule has 176 valence electrons. The van der Waals surface area contributed by atoms with Gasteiger partial charge in [0, 0.05) is 42.4 Å². The van der Waals surface area contributed by atoms with Crippen LogP contribution in [0.2, 0.25) is 0 Å². The van der Waals surface area contributed by atoms with Gasteiger partial charge in [0.15, 0.2) is 5.11 Å². The lowest BCUT2D eigenvalue weighted by Gasteiger charge is -2.28. The topological polar surface area (TPSA) is 62.2 Å². The largest absolute Gasteiger partial charge is 0.352 e. The SMILES string of the molecule is O=C(CCN1C(=S)N[C@H](c2ccccn2)[C@@H]1c1cccn1-c1cccc(F)c1)Nc1ccccc1. The summed E-state index contributed by atoms with van der Waals surface area (Å²) in [6.07, 6.45) is 3.91. The fourth-order valence-corrected chi connectivity index (χ4v) is 4.76. The highest BCUT2D eigenvalue weighted by Crippen LogP contribution is 2.39. The quantitative estimate of drug-likeness (QED) is 0.360. The number of hydrogen-bond acceptors (Lipinski definition) is 3. The van der Waals surface area contributed by atoms with Crippen LogP contribution in [0.3, 0.4) is 0 Å². The van der Waals surface area contributed by atoms with Crippen molar-refractivity contribution < 1.29 is 9.18 Å². The molecule has 2 aromatic heterocycles. The van der Waals surface area contributed by atoms with Gasteiger partial charge in [0.1, 0.15) is 5.82 Å². The van der Waals surface area contributed by atoms with Crippen LogP contribution in [0.4, 0.5) is 10.1 Å². The van der Waals surface area contributed by atoms with Gasteiger partial charge in [-0.2, -0.15) is 0 Å². The van der Waals surface area contributed by atoms with E-state index in [1.807, 2.05) is 82.4 Å². The first-order valence-electron chi connectivity index (χ1n) is 11.4. The number of amides is 1. The Morgan fingerprint density at radius 1 is 1.03 bits per heavy atom. The van der Waals surface area contributed by atoms with Crippen LogP contribution in [0.5, 0.6) is 0 Å². The van der Waals surface area contributed by atoms with Crippen LogP contribution in [0, 0.1) is 5.82 Å². The second kappa shape index (κ2) is 10.1. The van der Waals surface area contributed by atoms with Gasteiger partial charge in [-0.3, -0.25) is 9.78 Å². The zero-order valence-electron chi connectivity index (χ0n) is 18.8. The number of pyridine rings is 1. The molecule has 2 aromatic carbocycles. The lowest BCUT2D eigenvalue weighted by atomic mass is 10.0. The molecular weight excluding hydrogens is 461 g/mol. The number of thiocarbonyl (C=S) groups is 1. The fraction of sp³-hybridized carbons (Fsp3) is 0.148. The first-order chi connectivity index (χ1) is 17.1. The number of hydrogen-bond donors (Lipinski definition) is 2. The van der Waals surface area contributed by atoms with Crippen molar-refractivity contribution >= 4 is 28.9 Å². The predicted octanol–water partition coefficient (Wildman–Crippen LogP) is 5.01. The van der Waals surface area contributed by atoms with Crippen molar-refractivity contribution in [3.8, 4) is 5.69 Å². The molecule has 0 aliphatic carbocycles. The molecule has 0 bridgehead atoms. The van der Waals surface area contributed by atoms with E-state index in [0.29, 0.717) is 17.3 Å². The van der Waals surface area contributed by atoms with Crippen molar-refractivity contribution in [3.63, 3.8) is 0 Å². The van der Waals surface area contributed by atoms with Crippen molar-refractivity contribution in [2.75, 3.05) is 11.9 Å². The van der Waals surface area contributed by atoms with E-state index in [0.717, 1.165) is 17.1 Å². The predicted molar refractivity (Wildman–Crippen MR) is 138 cm³/mol. The minimum Gasteiger partial charge on any atom is -0.352 e. The van der Waals surface area contributed by atoms with E-state index in [9.17, 15) is 9.18 Å². The molecule has 1 aliphatic heterocycles. The molecule has 2 atom stereocenters. The molecule has 8 heteroatoms. The van der Waals surface area contributed by atoms with Gasteiger partial charge in [0.25, 0.3) is 0 Å². The third-order valence-corrected chi connectivity index (χ3v) is 6.36. The maximum Gasteiger partial charge on any atom is 0.226 e. The minimum atomic E-state index is -0.307. The third-order valence-electron chi connectivity index (χ3n) is 6.00. The Morgan fingerprint density at radius 2 is 1.86 bits per heavy atom. The van der Waals surface area contributed by atoms with E-state index in [-0.39, 0.29) is 30.2 Å². The van der Waals surface area contributed by atoms with Gasteiger partial charge in [-0.25, -0.2) is 4.39 Å². The van der Waals surface area contributed by atoms with Gasteiger partial charge < -0.3 is 20.1 Å². The Morgan fingerprint density at radius 3 is 2.63 bits per heavy atom. The minimum absolute atomic E-state index is 0.0976. The first kappa shape index (κ1) is 22.7. The molecular formula is C27H24FN5OS. The normalized spacial score (nSPS) is 17.3. The zero-order chi connectivity index (χ0) is 24.2. The standard InChI is InChI=1S/C27H24FN5OS/c28-19-8-6-11-21(18-19)32-16-7-13-23(32)26-25(22-12-4-5-15-29-22)31-27(35)33(26)17-14-24(34)30-20-9-2-1-3-10-20/h1-13,15-16,18,25-26H,14,17H2,(H,30,34)(H,31,35)/t25-,26+/m1/s1. The second-order valence-electron chi connectivity index (χ2n) is 8.27. The molecule has 3 heterocycles. The van der Waals surface area contributed by atoms with Crippen LogP contribution in [-0.4, -0.2) is 32.0 Å². The third kappa shape index (κ3) is 4.93. The Balaban J connectivity index is 1.45. The van der Waals surface area contributed by atoms with E-state index in [1.165, 1.54) is 12.1 Å². The van der Waals surface area contributed by atoms with Gasteiger partial charge in [0.2, 0.25) is 5.91 Å². The lowest BCUT2D eigenvalue weighted by Crippen LogP contribution is -2.33. The summed E-state index contributed by atoms with van der Waals surface area (Å²) >= 11 is 5.72. The van der Waals surface area contributed by atoms with Gasteiger partial charge in [-0.05, 0) is 66.8 Å². The molecule has 1 aliphatic rings. The lowest BCUT2D eigenvalue weighted by molar-refractivity contribution is -0.116. The van der Waals surface area contributed by atoms with E-state index in [4.69, 9.17) is 12.2 Å². The van der Waals surface area contributed by atoms with Crippen LogP contribution in [0.15, 0.2) is 97.3 Å². The summed E-state index contributed by atoms with van der Waals surface area (Å²) in [4.78, 5) is 19.3. The number of nitrogens with one attached hydrogen (secondary N) is 2. The average molecular weight is 486 g/mol. The number of aromatic nitrogens is 2. The number of carbonyl (C=O) groups is 1. The van der Waals surface area contributed by atoms with E-state index in [1.54, 1.807) is 12.3 Å². The summed E-state index contributed by atoms with van der Waals surface area (Å²) in [5.41, 5.74) is 3.22. The van der Waals surface area contributed by atoms with Crippen LogP contribution in [0.25, 0.3) is 5.69 Å². The van der Waals surface area contributed by atoms with Crippen LogP contribution >= 0.6 is 12.2 Å². The van der Waals surface area contributed by atoms with Gasteiger partial charge in [0.05, 0.1) is 17.8 Å². The van der Waals surface area contributed by atoms with Gasteiger partial charge in [-0.1, -0.05) is 30.3 Å². The molecule has 35 heavy (non-hydrogen) atoms. The molecule has 0 spiro atoms. The van der Waals surface area contributed by atoms with Crippen molar-refractivity contribution in [1.82, 2.24) is 19.8 Å². The summed E-state index contributed by atoms with van der Waals surface area (Å²) in [5.74, 6) is -0.405. The number of nitrogens with zero attached hydrogens (tertiary/aromatic N) is 3. The second-order valence-corrected chi connectivity index (χ2v) is 8.65. The summed E-state index contributed by atoms with van der Waals surface area (Å²) in [6.45, 7) is 0.410. The highest BCUT2D eigenvalue weighted by Gasteiger charge is 2.41. The molecule has 0 radical (unpaired) electrons. The van der Waals surface area contributed by atoms with Crippen molar-refractivity contribution in [1.29, 1.82) is 0 Å². The van der Waals surface area contributed by atoms with Gasteiger partial charge in [-0.15, -0.1) is 0 Å². The Kier molecular flexibility index (Phi) is 6.54. The Hall–Kier alpha value is -4.04. The molecule has 4 aromatic rings. The average Bonchev–Trinajstić information content (AvgIpc) is 3.48. The van der Waals surface area contributed by atoms with Crippen LogP contribution in [0.1, 0.15) is 29.9 Å². The molecule has 1 saturated heterocycles. The van der Waals surface area contributed by atoms with E-state index < -0.39 is 0 Å². The summed E-state index contributed by atoms with van der Waals surface area (Å²) in [7, 11) is 0. The maximum absolute atomic E-state index is 14.0. The number of halogens is 1. The monoisotopic (exact) mass is 485 g/mol. The smallest absolute Gasteiger partial charge is 0.226 e. The molecule has 5 rings (SSSR count). The molecule has 0 unspecified atom stereocenters. The summed E-state index contributed by atoms with van der Waals surface area (Å²) in [5, 5.41) is 6.87. The number of rotatable bonds is 7. The molecule has 0 saturated carbocycles. The zero-order valence-corrected chi connectivity index (χ0v) is 19.7. The fourth-order valence-electron chi connectivity index (χ4n) is 4.43. The Bertz CT molecular complexity index is 1330. The summed E-state index contributed by atoms with van der Waals surface area (Å²) < 4.78 is 16.0. The Labute approximate surface area is 208 Å². The molecule has 6 nitrogen and oxygen atoms in total. The number of benzene rings is 2. The number of anilines is 1. The first-order valence-corrected chi connectivity index (χ1v) is 11.8. The molecule has 2 N–H and O–H groups in total. The van der Waals surface area contributed by atoms with Crippen molar-refractivity contribution in [2.24, 2.45) is 0 Å². The van der Waals surface area contributed by atoms with Gasteiger partial charge >= 0.3 is 0 Å².